The number of aryl methyl sites for hydroxylation is 1. The molecule has 0 spiro atoms. The average Bonchev–Trinajstić information content (AvgIpc) is 3.14. The predicted molar refractivity (Wildman–Crippen MR) is 110 cm³/mol. The van der Waals surface area contributed by atoms with Gasteiger partial charge in [-0.2, -0.15) is 0 Å². The molecule has 0 unspecified atom stereocenters. The van der Waals surface area contributed by atoms with Crippen molar-refractivity contribution in [2.24, 2.45) is 0 Å². The van der Waals surface area contributed by atoms with Crippen LogP contribution < -0.4 is 10.1 Å². The summed E-state index contributed by atoms with van der Waals surface area (Å²) in [6, 6.07) is 18.8. The molecule has 5 nitrogen and oxygen atoms in total. The maximum atomic E-state index is 12.3. The summed E-state index contributed by atoms with van der Waals surface area (Å²) in [5.41, 5.74) is 2.53. The van der Waals surface area contributed by atoms with E-state index in [0.29, 0.717) is 22.9 Å². The van der Waals surface area contributed by atoms with E-state index in [0.717, 1.165) is 11.1 Å². The Hall–Kier alpha value is -3.12. The van der Waals surface area contributed by atoms with Gasteiger partial charge in [0.15, 0.2) is 6.10 Å². The van der Waals surface area contributed by atoms with Crippen LogP contribution >= 0.6 is 11.3 Å². The molecule has 0 aliphatic heterocycles. The van der Waals surface area contributed by atoms with Gasteiger partial charge in [-0.25, -0.2) is 4.79 Å². The van der Waals surface area contributed by atoms with Gasteiger partial charge in [0.05, 0.1) is 0 Å². The standard InChI is InChI=1S/C22H21NO4S/c1-15-12-13-28-20(15)22(25)27-16(2)21(24)23-18-8-10-19(11-9-18)26-14-17-6-4-3-5-7-17/h3-13,16H,14H2,1-2H3,(H,23,24)/t16-/m0/s1. The predicted octanol–water partition coefficient (Wildman–Crippen LogP) is 4.82. The van der Waals surface area contributed by atoms with Crippen molar-refractivity contribution in [3.05, 3.63) is 82.0 Å². The zero-order valence-corrected chi connectivity index (χ0v) is 16.5. The SMILES string of the molecule is Cc1ccsc1C(=O)O[C@@H](C)C(=O)Nc1ccc(OCc2ccccc2)cc1. The van der Waals surface area contributed by atoms with Crippen molar-refractivity contribution in [2.45, 2.75) is 26.6 Å². The van der Waals surface area contributed by atoms with Crippen molar-refractivity contribution >= 4 is 28.9 Å². The highest BCUT2D eigenvalue weighted by Gasteiger charge is 2.20. The van der Waals surface area contributed by atoms with Crippen LogP contribution in [0, 0.1) is 6.92 Å². The van der Waals surface area contributed by atoms with Crippen molar-refractivity contribution in [3.63, 3.8) is 0 Å². The Morgan fingerprint density at radius 2 is 1.75 bits per heavy atom. The average molecular weight is 395 g/mol. The third-order valence-corrected chi connectivity index (χ3v) is 5.07. The van der Waals surface area contributed by atoms with Crippen molar-refractivity contribution in [1.82, 2.24) is 0 Å². The van der Waals surface area contributed by atoms with E-state index in [-0.39, 0.29) is 5.91 Å². The van der Waals surface area contributed by atoms with Crippen LogP contribution in [-0.2, 0) is 16.1 Å². The van der Waals surface area contributed by atoms with Crippen molar-refractivity contribution in [3.8, 4) is 5.75 Å². The minimum absolute atomic E-state index is 0.388. The molecule has 1 aromatic heterocycles. The molecule has 3 rings (SSSR count). The fourth-order valence-corrected chi connectivity index (χ4v) is 3.28. The molecule has 28 heavy (non-hydrogen) atoms. The summed E-state index contributed by atoms with van der Waals surface area (Å²) >= 11 is 1.30. The molecule has 0 aliphatic carbocycles. The molecule has 0 bridgehead atoms. The van der Waals surface area contributed by atoms with E-state index in [9.17, 15) is 9.59 Å². The van der Waals surface area contributed by atoms with E-state index in [1.165, 1.54) is 11.3 Å². The van der Waals surface area contributed by atoms with Gasteiger partial charge in [-0.15, -0.1) is 11.3 Å². The highest BCUT2D eigenvalue weighted by Crippen LogP contribution is 2.19. The van der Waals surface area contributed by atoms with Crippen molar-refractivity contribution in [1.29, 1.82) is 0 Å². The first kappa shape index (κ1) is 19.6. The molecule has 6 heteroatoms. The van der Waals surface area contributed by atoms with Gasteiger partial charge in [0.1, 0.15) is 17.2 Å². The normalized spacial score (nSPS) is 11.5. The minimum Gasteiger partial charge on any atom is -0.489 e. The summed E-state index contributed by atoms with van der Waals surface area (Å²) in [5.74, 6) is -0.171. The van der Waals surface area contributed by atoms with E-state index >= 15 is 0 Å². The van der Waals surface area contributed by atoms with Crippen LogP contribution in [0.4, 0.5) is 5.69 Å². The number of benzene rings is 2. The van der Waals surface area contributed by atoms with Gasteiger partial charge in [0.25, 0.3) is 5.91 Å². The lowest BCUT2D eigenvalue weighted by molar-refractivity contribution is -0.123. The Morgan fingerprint density at radius 1 is 1.04 bits per heavy atom. The lowest BCUT2D eigenvalue weighted by atomic mass is 10.2. The van der Waals surface area contributed by atoms with Crippen LogP contribution in [-0.4, -0.2) is 18.0 Å². The maximum absolute atomic E-state index is 12.3. The van der Waals surface area contributed by atoms with Gasteiger partial charge in [0.2, 0.25) is 0 Å². The summed E-state index contributed by atoms with van der Waals surface area (Å²) in [5, 5.41) is 4.56. The summed E-state index contributed by atoms with van der Waals surface area (Å²) in [7, 11) is 0. The second-order valence-corrected chi connectivity index (χ2v) is 7.18. The van der Waals surface area contributed by atoms with E-state index in [4.69, 9.17) is 9.47 Å². The van der Waals surface area contributed by atoms with Crippen LogP contribution in [0.1, 0.15) is 27.7 Å². The maximum Gasteiger partial charge on any atom is 0.349 e. The van der Waals surface area contributed by atoms with Gasteiger partial charge >= 0.3 is 5.97 Å². The molecule has 1 amide bonds. The number of hydrogen-bond acceptors (Lipinski definition) is 5. The highest BCUT2D eigenvalue weighted by atomic mass is 32.1. The molecule has 0 radical (unpaired) electrons. The topological polar surface area (TPSA) is 64.6 Å². The minimum atomic E-state index is -0.900. The lowest BCUT2D eigenvalue weighted by Crippen LogP contribution is -2.29. The molecule has 144 valence electrons. The molecule has 1 atom stereocenters. The Bertz CT molecular complexity index is 935. The van der Waals surface area contributed by atoms with Crippen molar-refractivity contribution in [2.75, 3.05) is 5.32 Å². The van der Waals surface area contributed by atoms with Gasteiger partial charge in [-0.1, -0.05) is 30.3 Å². The fraction of sp³-hybridized carbons (Fsp3) is 0.182. The zero-order valence-electron chi connectivity index (χ0n) is 15.7. The van der Waals surface area contributed by atoms with Crippen molar-refractivity contribution < 1.29 is 19.1 Å². The number of rotatable bonds is 7. The first-order chi connectivity index (χ1) is 13.5. The summed E-state index contributed by atoms with van der Waals surface area (Å²) in [6.07, 6.45) is -0.900. The third kappa shape index (κ3) is 5.20. The van der Waals surface area contributed by atoms with Gasteiger partial charge < -0.3 is 14.8 Å². The Kier molecular flexibility index (Phi) is 6.45. The lowest BCUT2D eigenvalue weighted by Gasteiger charge is -2.14. The van der Waals surface area contributed by atoms with E-state index < -0.39 is 12.1 Å². The van der Waals surface area contributed by atoms with E-state index in [2.05, 4.69) is 5.32 Å². The first-order valence-electron chi connectivity index (χ1n) is 8.85. The summed E-state index contributed by atoms with van der Waals surface area (Å²) < 4.78 is 11.0. The summed E-state index contributed by atoms with van der Waals surface area (Å²) in [6.45, 7) is 3.86. The van der Waals surface area contributed by atoms with Crippen LogP contribution in [0.15, 0.2) is 66.0 Å². The van der Waals surface area contributed by atoms with Crippen LogP contribution in [0.5, 0.6) is 5.75 Å². The number of thiophene rings is 1. The smallest absolute Gasteiger partial charge is 0.349 e. The molecule has 0 saturated carbocycles. The van der Waals surface area contributed by atoms with Gasteiger partial charge in [0, 0.05) is 5.69 Å². The van der Waals surface area contributed by atoms with E-state index in [1.807, 2.05) is 48.7 Å². The molecule has 0 fully saturated rings. The molecule has 0 saturated heterocycles. The fourth-order valence-electron chi connectivity index (χ4n) is 2.47. The number of carbonyl (C=O) groups is 2. The van der Waals surface area contributed by atoms with Crippen LogP contribution in [0.25, 0.3) is 0 Å². The number of anilines is 1. The molecular formula is C22H21NO4S. The molecule has 1 N–H and O–H groups in total. The monoisotopic (exact) mass is 395 g/mol. The summed E-state index contributed by atoms with van der Waals surface area (Å²) in [4.78, 5) is 24.9. The number of esters is 1. The Morgan fingerprint density at radius 3 is 2.39 bits per heavy atom. The second-order valence-electron chi connectivity index (χ2n) is 6.27. The third-order valence-electron chi connectivity index (χ3n) is 4.07. The molecular weight excluding hydrogens is 374 g/mol. The number of amides is 1. The Balaban J connectivity index is 1.51. The van der Waals surface area contributed by atoms with Crippen LogP contribution in [0.3, 0.4) is 0 Å². The van der Waals surface area contributed by atoms with E-state index in [1.54, 1.807) is 31.2 Å². The second kappa shape index (κ2) is 9.19. The van der Waals surface area contributed by atoms with Crippen LogP contribution in [0.2, 0.25) is 0 Å². The largest absolute Gasteiger partial charge is 0.489 e. The zero-order chi connectivity index (χ0) is 19.9. The van der Waals surface area contributed by atoms with Gasteiger partial charge in [-0.05, 0) is 60.7 Å². The van der Waals surface area contributed by atoms with Gasteiger partial charge in [-0.3, -0.25) is 4.79 Å². The Labute approximate surface area is 167 Å². The molecule has 3 aromatic rings. The number of nitrogens with one attached hydrogen (secondary N) is 1. The first-order valence-corrected chi connectivity index (χ1v) is 9.73. The molecule has 1 heterocycles. The molecule has 0 aliphatic rings. The molecule has 2 aromatic carbocycles. The number of ether oxygens (including phenoxy) is 2. The highest BCUT2D eigenvalue weighted by molar-refractivity contribution is 7.12. The quantitative estimate of drug-likeness (QED) is 0.583. The number of hydrogen-bond donors (Lipinski definition) is 1. The number of carbonyl (C=O) groups excluding carboxylic acids is 2.